The van der Waals surface area contributed by atoms with Crippen molar-refractivity contribution in [1.29, 1.82) is 0 Å². The Kier molecular flexibility index (Phi) is 5.91. The molecule has 2 saturated heterocycles. The number of urea groups is 1. The van der Waals surface area contributed by atoms with E-state index in [9.17, 15) is 9.59 Å². The number of amides is 3. The van der Waals surface area contributed by atoms with Crippen molar-refractivity contribution in [3.8, 4) is 0 Å². The second kappa shape index (κ2) is 8.34. The molecular weight excluding hydrogens is 316 g/mol. The second-order valence-electron chi connectivity index (χ2n) is 6.87. The molecule has 25 heavy (non-hydrogen) atoms. The molecule has 2 aliphatic rings. The van der Waals surface area contributed by atoms with E-state index in [1.807, 2.05) is 17.9 Å². The fourth-order valence-corrected chi connectivity index (χ4v) is 3.75. The maximum Gasteiger partial charge on any atom is 0.322 e. The highest BCUT2D eigenvalue weighted by Gasteiger charge is 2.30. The van der Waals surface area contributed by atoms with E-state index in [4.69, 9.17) is 0 Å². The standard InChI is InChI=1S/C19H28N4O2/c1-2-20-18(24)15-7-5-8-16(13-15)21-19(25)23-12-6-9-17(23)14-22-10-3-4-11-22/h5,7-8,13,17H,2-4,6,9-12,14H2,1H3,(H,20,24)(H,21,25)/t17-/m1/s1. The lowest BCUT2D eigenvalue weighted by molar-refractivity contribution is 0.0956. The smallest absolute Gasteiger partial charge is 0.322 e. The van der Waals surface area contributed by atoms with Crippen molar-refractivity contribution in [3.63, 3.8) is 0 Å². The third kappa shape index (κ3) is 4.51. The van der Waals surface area contributed by atoms with Crippen LogP contribution in [0.25, 0.3) is 0 Å². The van der Waals surface area contributed by atoms with Crippen LogP contribution in [0.4, 0.5) is 10.5 Å². The quantitative estimate of drug-likeness (QED) is 0.863. The highest BCUT2D eigenvalue weighted by Crippen LogP contribution is 2.22. The molecule has 3 amide bonds. The molecule has 2 fully saturated rings. The largest absolute Gasteiger partial charge is 0.352 e. The zero-order chi connectivity index (χ0) is 17.6. The molecule has 3 rings (SSSR count). The van der Waals surface area contributed by atoms with Gasteiger partial charge in [0.05, 0.1) is 0 Å². The van der Waals surface area contributed by atoms with Crippen LogP contribution < -0.4 is 10.6 Å². The summed E-state index contributed by atoms with van der Waals surface area (Å²) >= 11 is 0. The lowest BCUT2D eigenvalue weighted by Crippen LogP contribution is -2.44. The number of carbonyl (C=O) groups is 2. The average Bonchev–Trinajstić information content (AvgIpc) is 3.27. The van der Waals surface area contributed by atoms with Crippen LogP contribution in [0.15, 0.2) is 24.3 Å². The van der Waals surface area contributed by atoms with Crippen LogP contribution in [-0.2, 0) is 0 Å². The van der Waals surface area contributed by atoms with E-state index in [0.29, 0.717) is 23.8 Å². The van der Waals surface area contributed by atoms with Crippen LogP contribution in [0.3, 0.4) is 0 Å². The molecule has 2 N–H and O–H groups in total. The Morgan fingerprint density at radius 3 is 2.72 bits per heavy atom. The van der Waals surface area contributed by atoms with Crippen LogP contribution in [0.1, 0.15) is 43.0 Å². The van der Waals surface area contributed by atoms with Crippen LogP contribution >= 0.6 is 0 Å². The SMILES string of the molecule is CCNC(=O)c1cccc(NC(=O)N2CCC[C@@H]2CN2CCCC2)c1. The Morgan fingerprint density at radius 1 is 1.16 bits per heavy atom. The molecule has 1 aromatic rings. The van der Waals surface area contributed by atoms with Gasteiger partial charge in [0.15, 0.2) is 0 Å². The number of hydrogen-bond donors (Lipinski definition) is 2. The van der Waals surface area contributed by atoms with E-state index >= 15 is 0 Å². The van der Waals surface area contributed by atoms with E-state index in [-0.39, 0.29) is 11.9 Å². The minimum atomic E-state index is -0.119. The van der Waals surface area contributed by atoms with Crippen molar-refractivity contribution in [1.82, 2.24) is 15.1 Å². The van der Waals surface area contributed by atoms with Gasteiger partial charge in [-0.1, -0.05) is 6.07 Å². The Balaban J connectivity index is 1.61. The third-order valence-electron chi connectivity index (χ3n) is 5.02. The van der Waals surface area contributed by atoms with Gasteiger partial charge in [-0.25, -0.2) is 4.79 Å². The lowest BCUT2D eigenvalue weighted by atomic mass is 10.2. The number of likely N-dealkylation sites (tertiary alicyclic amines) is 2. The van der Waals surface area contributed by atoms with E-state index < -0.39 is 0 Å². The summed E-state index contributed by atoms with van der Waals surface area (Å²) in [4.78, 5) is 29.1. The van der Waals surface area contributed by atoms with Gasteiger partial charge in [0, 0.05) is 36.9 Å². The van der Waals surface area contributed by atoms with Crippen molar-refractivity contribution in [3.05, 3.63) is 29.8 Å². The minimum Gasteiger partial charge on any atom is -0.352 e. The molecule has 0 radical (unpaired) electrons. The van der Waals surface area contributed by atoms with Crippen LogP contribution in [0.5, 0.6) is 0 Å². The number of carbonyl (C=O) groups excluding carboxylic acids is 2. The monoisotopic (exact) mass is 344 g/mol. The van der Waals surface area contributed by atoms with Gasteiger partial charge >= 0.3 is 6.03 Å². The van der Waals surface area contributed by atoms with Crippen molar-refractivity contribution >= 4 is 17.6 Å². The van der Waals surface area contributed by atoms with E-state index in [1.54, 1.807) is 18.2 Å². The molecule has 2 heterocycles. The number of anilines is 1. The first-order valence-electron chi connectivity index (χ1n) is 9.35. The number of nitrogens with zero attached hydrogens (tertiary/aromatic N) is 2. The second-order valence-corrected chi connectivity index (χ2v) is 6.87. The normalized spacial score (nSPS) is 20.7. The topological polar surface area (TPSA) is 64.7 Å². The molecule has 6 nitrogen and oxygen atoms in total. The molecule has 1 aromatic carbocycles. The molecular formula is C19H28N4O2. The molecule has 0 spiro atoms. The number of benzene rings is 1. The molecule has 0 bridgehead atoms. The molecule has 2 aliphatic heterocycles. The molecule has 0 aliphatic carbocycles. The van der Waals surface area contributed by atoms with Crippen molar-refractivity contribution in [2.75, 3.05) is 38.0 Å². The first kappa shape index (κ1) is 17.7. The van der Waals surface area contributed by atoms with Gasteiger partial charge in [0.25, 0.3) is 5.91 Å². The van der Waals surface area contributed by atoms with Gasteiger partial charge in [-0.3, -0.25) is 4.79 Å². The van der Waals surface area contributed by atoms with E-state index in [1.165, 1.54) is 12.8 Å². The van der Waals surface area contributed by atoms with Crippen molar-refractivity contribution in [2.24, 2.45) is 0 Å². The van der Waals surface area contributed by atoms with Gasteiger partial charge in [-0.15, -0.1) is 0 Å². The molecule has 0 unspecified atom stereocenters. The fourth-order valence-electron chi connectivity index (χ4n) is 3.75. The first-order chi connectivity index (χ1) is 12.2. The van der Waals surface area contributed by atoms with Crippen LogP contribution in [-0.4, -0.2) is 60.5 Å². The summed E-state index contributed by atoms with van der Waals surface area (Å²) in [6, 6.07) is 7.35. The predicted octanol–water partition coefficient (Wildman–Crippen LogP) is 2.53. The predicted molar refractivity (Wildman–Crippen MR) is 98.9 cm³/mol. The Hall–Kier alpha value is -2.08. The number of nitrogens with one attached hydrogen (secondary N) is 2. The molecule has 6 heteroatoms. The number of hydrogen-bond acceptors (Lipinski definition) is 3. The Bertz CT molecular complexity index is 613. The highest BCUT2D eigenvalue weighted by molar-refractivity contribution is 5.96. The summed E-state index contributed by atoms with van der Waals surface area (Å²) in [7, 11) is 0. The average molecular weight is 344 g/mol. The fraction of sp³-hybridized carbons (Fsp3) is 0.579. The summed E-state index contributed by atoms with van der Waals surface area (Å²) in [5, 5.41) is 5.74. The first-order valence-corrected chi connectivity index (χ1v) is 9.35. The Morgan fingerprint density at radius 2 is 1.96 bits per heavy atom. The molecule has 0 aromatic heterocycles. The summed E-state index contributed by atoms with van der Waals surface area (Å²) in [5.41, 5.74) is 1.23. The van der Waals surface area contributed by atoms with Gasteiger partial charge in [0.2, 0.25) is 0 Å². The maximum absolute atomic E-state index is 12.7. The van der Waals surface area contributed by atoms with E-state index in [2.05, 4.69) is 15.5 Å². The third-order valence-corrected chi connectivity index (χ3v) is 5.02. The molecule has 136 valence electrons. The van der Waals surface area contributed by atoms with Gasteiger partial charge in [0.1, 0.15) is 0 Å². The van der Waals surface area contributed by atoms with E-state index in [0.717, 1.165) is 39.0 Å². The van der Waals surface area contributed by atoms with Crippen LogP contribution in [0.2, 0.25) is 0 Å². The zero-order valence-electron chi connectivity index (χ0n) is 15.0. The summed E-state index contributed by atoms with van der Waals surface area (Å²) in [6.07, 6.45) is 4.67. The van der Waals surface area contributed by atoms with Crippen molar-refractivity contribution < 1.29 is 9.59 Å². The maximum atomic E-state index is 12.7. The van der Waals surface area contributed by atoms with Gasteiger partial charge in [-0.05, 0) is 63.9 Å². The minimum absolute atomic E-state index is 0.0604. The highest BCUT2D eigenvalue weighted by atomic mass is 16.2. The number of rotatable bonds is 5. The summed E-state index contributed by atoms with van der Waals surface area (Å²) < 4.78 is 0. The van der Waals surface area contributed by atoms with Crippen molar-refractivity contribution in [2.45, 2.75) is 38.6 Å². The summed E-state index contributed by atoms with van der Waals surface area (Å²) in [5.74, 6) is -0.119. The summed E-state index contributed by atoms with van der Waals surface area (Å²) in [6.45, 7) is 6.56. The molecule has 0 saturated carbocycles. The van der Waals surface area contributed by atoms with Gasteiger partial charge in [-0.2, -0.15) is 0 Å². The zero-order valence-corrected chi connectivity index (χ0v) is 15.0. The van der Waals surface area contributed by atoms with Crippen LogP contribution in [0, 0.1) is 0 Å². The lowest BCUT2D eigenvalue weighted by Gasteiger charge is -2.28. The van der Waals surface area contributed by atoms with Gasteiger partial charge < -0.3 is 20.4 Å². The molecule has 1 atom stereocenters. The Labute approximate surface area is 149 Å².